The SMILES string of the molecule is CCOC(=O)C(C)NC(=O)CCCOc1ccc(C)cc1. The second kappa shape index (κ2) is 9.00. The van der Waals surface area contributed by atoms with Gasteiger partial charge in [-0.2, -0.15) is 0 Å². The van der Waals surface area contributed by atoms with Gasteiger partial charge < -0.3 is 14.8 Å². The molecule has 5 nitrogen and oxygen atoms in total. The Kier molecular flexibility index (Phi) is 7.29. The van der Waals surface area contributed by atoms with Gasteiger partial charge >= 0.3 is 5.97 Å². The molecule has 0 aliphatic carbocycles. The Balaban J connectivity index is 2.18. The van der Waals surface area contributed by atoms with Crippen molar-refractivity contribution in [2.75, 3.05) is 13.2 Å². The summed E-state index contributed by atoms with van der Waals surface area (Å²) in [5.74, 6) is 0.200. The highest BCUT2D eigenvalue weighted by Gasteiger charge is 2.15. The van der Waals surface area contributed by atoms with Gasteiger partial charge in [0.05, 0.1) is 13.2 Å². The fourth-order valence-electron chi connectivity index (χ4n) is 1.70. The maximum atomic E-state index is 11.6. The van der Waals surface area contributed by atoms with Crippen LogP contribution in [0.3, 0.4) is 0 Å². The molecule has 1 aromatic carbocycles. The molecule has 0 heterocycles. The second-order valence-corrected chi connectivity index (χ2v) is 4.81. The van der Waals surface area contributed by atoms with Crippen LogP contribution in [0.2, 0.25) is 0 Å². The molecule has 0 saturated heterocycles. The van der Waals surface area contributed by atoms with Gasteiger partial charge in [-0.25, -0.2) is 4.79 Å². The third kappa shape index (κ3) is 6.79. The molecule has 5 heteroatoms. The van der Waals surface area contributed by atoms with Crippen LogP contribution in [-0.4, -0.2) is 31.1 Å². The quantitative estimate of drug-likeness (QED) is 0.589. The van der Waals surface area contributed by atoms with Crippen LogP contribution in [-0.2, 0) is 14.3 Å². The number of nitrogens with one attached hydrogen (secondary N) is 1. The zero-order chi connectivity index (χ0) is 15.7. The molecule has 0 saturated carbocycles. The van der Waals surface area contributed by atoms with Crippen molar-refractivity contribution in [1.82, 2.24) is 5.32 Å². The van der Waals surface area contributed by atoms with E-state index in [2.05, 4.69) is 5.32 Å². The predicted molar refractivity (Wildman–Crippen MR) is 80.1 cm³/mol. The summed E-state index contributed by atoms with van der Waals surface area (Å²) >= 11 is 0. The fourth-order valence-corrected chi connectivity index (χ4v) is 1.70. The smallest absolute Gasteiger partial charge is 0.328 e. The summed E-state index contributed by atoms with van der Waals surface area (Å²) in [5, 5.41) is 2.60. The Morgan fingerprint density at radius 3 is 2.52 bits per heavy atom. The van der Waals surface area contributed by atoms with Crippen LogP contribution in [0.15, 0.2) is 24.3 Å². The number of carbonyl (C=O) groups excluding carboxylic acids is 2. The van der Waals surface area contributed by atoms with Crippen LogP contribution in [0, 0.1) is 6.92 Å². The second-order valence-electron chi connectivity index (χ2n) is 4.81. The first kappa shape index (κ1) is 17.0. The zero-order valence-corrected chi connectivity index (χ0v) is 12.8. The molecule has 0 aliphatic rings. The summed E-state index contributed by atoms with van der Waals surface area (Å²) in [5.41, 5.74) is 1.18. The van der Waals surface area contributed by atoms with Crippen LogP contribution in [0.1, 0.15) is 32.3 Å². The molecule has 116 valence electrons. The topological polar surface area (TPSA) is 64.6 Å². The Hall–Kier alpha value is -2.04. The molecule has 1 amide bonds. The highest BCUT2D eigenvalue weighted by atomic mass is 16.5. The molecule has 1 atom stereocenters. The summed E-state index contributed by atoms with van der Waals surface area (Å²) < 4.78 is 10.4. The number of ether oxygens (including phenoxy) is 2. The molecular formula is C16H23NO4. The van der Waals surface area contributed by atoms with Crippen molar-refractivity contribution in [2.45, 2.75) is 39.7 Å². The third-order valence-electron chi connectivity index (χ3n) is 2.86. The van der Waals surface area contributed by atoms with Crippen molar-refractivity contribution in [3.63, 3.8) is 0 Å². The van der Waals surface area contributed by atoms with E-state index in [-0.39, 0.29) is 5.91 Å². The van der Waals surface area contributed by atoms with Gasteiger partial charge in [-0.3, -0.25) is 4.79 Å². The minimum absolute atomic E-state index is 0.178. The minimum atomic E-state index is -0.615. The lowest BCUT2D eigenvalue weighted by atomic mass is 10.2. The van der Waals surface area contributed by atoms with E-state index in [9.17, 15) is 9.59 Å². The van der Waals surface area contributed by atoms with E-state index >= 15 is 0 Å². The van der Waals surface area contributed by atoms with Gasteiger partial charge in [0, 0.05) is 6.42 Å². The number of benzene rings is 1. The first-order chi connectivity index (χ1) is 10.0. The molecule has 0 aromatic heterocycles. The van der Waals surface area contributed by atoms with E-state index < -0.39 is 12.0 Å². The van der Waals surface area contributed by atoms with Gasteiger partial charge in [0.1, 0.15) is 11.8 Å². The normalized spacial score (nSPS) is 11.6. The molecular weight excluding hydrogens is 270 g/mol. The number of amides is 1. The van der Waals surface area contributed by atoms with Gasteiger partial charge in [-0.15, -0.1) is 0 Å². The van der Waals surface area contributed by atoms with Crippen molar-refractivity contribution in [3.05, 3.63) is 29.8 Å². The van der Waals surface area contributed by atoms with E-state index in [1.54, 1.807) is 13.8 Å². The predicted octanol–water partition coefficient (Wildman–Crippen LogP) is 2.22. The summed E-state index contributed by atoms with van der Waals surface area (Å²) in [4.78, 5) is 23.0. The van der Waals surface area contributed by atoms with Crippen molar-refractivity contribution in [1.29, 1.82) is 0 Å². The van der Waals surface area contributed by atoms with Crippen molar-refractivity contribution < 1.29 is 19.1 Å². The first-order valence-corrected chi connectivity index (χ1v) is 7.18. The molecule has 0 aliphatic heterocycles. The van der Waals surface area contributed by atoms with E-state index in [1.165, 1.54) is 5.56 Å². The van der Waals surface area contributed by atoms with Crippen molar-refractivity contribution in [3.8, 4) is 5.75 Å². The molecule has 0 bridgehead atoms. The van der Waals surface area contributed by atoms with Crippen LogP contribution in [0.4, 0.5) is 0 Å². The van der Waals surface area contributed by atoms with Gasteiger partial charge in [0.25, 0.3) is 0 Å². The lowest BCUT2D eigenvalue weighted by molar-refractivity contribution is -0.146. The number of esters is 1. The maximum absolute atomic E-state index is 11.6. The third-order valence-corrected chi connectivity index (χ3v) is 2.86. The number of carbonyl (C=O) groups is 2. The van der Waals surface area contributed by atoms with E-state index in [4.69, 9.17) is 9.47 Å². The fraction of sp³-hybridized carbons (Fsp3) is 0.500. The number of aryl methyl sites for hydroxylation is 1. The molecule has 0 radical (unpaired) electrons. The first-order valence-electron chi connectivity index (χ1n) is 7.18. The highest BCUT2D eigenvalue weighted by molar-refractivity contribution is 5.84. The summed E-state index contributed by atoms with van der Waals surface area (Å²) in [7, 11) is 0. The Morgan fingerprint density at radius 2 is 1.90 bits per heavy atom. The van der Waals surface area contributed by atoms with Crippen LogP contribution in [0.5, 0.6) is 5.75 Å². The Labute approximate surface area is 125 Å². The lowest BCUT2D eigenvalue weighted by Crippen LogP contribution is -2.39. The minimum Gasteiger partial charge on any atom is -0.494 e. The monoisotopic (exact) mass is 293 g/mol. The number of hydrogen-bond acceptors (Lipinski definition) is 4. The molecule has 1 rings (SSSR count). The van der Waals surface area contributed by atoms with E-state index in [0.717, 1.165) is 5.75 Å². The van der Waals surface area contributed by atoms with Gasteiger partial charge in [-0.1, -0.05) is 17.7 Å². The highest BCUT2D eigenvalue weighted by Crippen LogP contribution is 2.11. The van der Waals surface area contributed by atoms with Gasteiger partial charge in [0.2, 0.25) is 5.91 Å². The van der Waals surface area contributed by atoms with Crippen LogP contribution < -0.4 is 10.1 Å². The standard InChI is InChI=1S/C16H23NO4/c1-4-20-16(19)13(3)17-15(18)6-5-11-21-14-9-7-12(2)8-10-14/h7-10,13H,4-6,11H2,1-3H3,(H,17,18). The summed E-state index contributed by atoms with van der Waals surface area (Å²) in [6, 6.07) is 7.14. The molecule has 1 unspecified atom stereocenters. The number of hydrogen-bond donors (Lipinski definition) is 1. The van der Waals surface area contributed by atoms with Gasteiger partial charge in [0.15, 0.2) is 0 Å². The molecule has 1 aromatic rings. The maximum Gasteiger partial charge on any atom is 0.328 e. The molecule has 0 fully saturated rings. The molecule has 0 spiro atoms. The average molecular weight is 293 g/mol. The lowest BCUT2D eigenvalue weighted by Gasteiger charge is -2.12. The number of rotatable bonds is 8. The average Bonchev–Trinajstić information content (AvgIpc) is 2.45. The zero-order valence-electron chi connectivity index (χ0n) is 12.8. The Morgan fingerprint density at radius 1 is 1.24 bits per heavy atom. The van der Waals surface area contributed by atoms with Crippen molar-refractivity contribution in [2.24, 2.45) is 0 Å². The molecule has 1 N–H and O–H groups in total. The molecule has 21 heavy (non-hydrogen) atoms. The summed E-state index contributed by atoms with van der Waals surface area (Å²) in [6.45, 7) is 6.13. The Bertz CT molecular complexity index is 456. The largest absolute Gasteiger partial charge is 0.494 e. The summed E-state index contributed by atoms with van der Waals surface area (Å²) in [6.07, 6.45) is 0.908. The van der Waals surface area contributed by atoms with Crippen LogP contribution in [0.25, 0.3) is 0 Å². The van der Waals surface area contributed by atoms with Crippen LogP contribution >= 0.6 is 0 Å². The van der Waals surface area contributed by atoms with E-state index in [1.807, 2.05) is 31.2 Å². The van der Waals surface area contributed by atoms with Gasteiger partial charge in [-0.05, 0) is 39.3 Å². The van der Waals surface area contributed by atoms with E-state index in [0.29, 0.717) is 26.1 Å². The van der Waals surface area contributed by atoms with Crippen molar-refractivity contribution >= 4 is 11.9 Å².